The van der Waals surface area contributed by atoms with Gasteiger partial charge in [-0.25, -0.2) is 9.59 Å². The van der Waals surface area contributed by atoms with Gasteiger partial charge in [0.25, 0.3) is 0 Å². The molecule has 5 nitrogen and oxygen atoms in total. The molecule has 1 atom stereocenters. The molecule has 19 heavy (non-hydrogen) atoms. The first-order chi connectivity index (χ1) is 8.65. The van der Waals surface area contributed by atoms with Gasteiger partial charge in [-0.1, -0.05) is 30.3 Å². The Morgan fingerprint density at radius 1 is 1.21 bits per heavy atom. The van der Waals surface area contributed by atoms with Crippen molar-refractivity contribution in [1.82, 2.24) is 0 Å². The standard InChI is InChI=1S/C14H19NO4/c1-13(2,3)19-12(18)14(15,11(16)17)9-10-7-5-4-6-8-10/h4-8H,9,15H2,1-3H3,(H,16,17)/t14-/m1/s1. The van der Waals surface area contributed by atoms with E-state index in [1.807, 2.05) is 0 Å². The minimum Gasteiger partial charge on any atom is -0.479 e. The molecule has 0 amide bonds. The van der Waals surface area contributed by atoms with Crippen molar-refractivity contribution in [1.29, 1.82) is 0 Å². The molecule has 0 fully saturated rings. The van der Waals surface area contributed by atoms with Crippen LogP contribution in [0.2, 0.25) is 0 Å². The molecule has 0 aliphatic heterocycles. The quantitative estimate of drug-likeness (QED) is 0.633. The summed E-state index contributed by atoms with van der Waals surface area (Å²) in [5, 5.41) is 9.24. The first kappa shape index (κ1) is 15.2. The van der Waals surface area contributed by atoms with E-state index >= 15 is 0 Å². The van der Waals surface area contributed by atoms with Crippen LogP contribution in [0.4, 0.5) is 0 Å². The van der Waals surface area contributed by atoms with Gasteiger partial charge in [0.1, 0.15) is 5.60 Å². The third kappa shape index (κ3) is 4.06. The molecule has 1 aromatic carbocycles. The third-order valence-electron chi connectivity index (χ3n) is 2.47. The molecule has 0 saturated heterocycles. The Balaban J connectivity index is 2.98. The van der Waals surface area contributed by atoms with Crippen LogP contribution in [0.15, 0.2) is 30.3 Å². The Hall–Kier alpha value is -1.88. The van der Waals surface area contributed by atoms with Gasteiger partial charge in [0.2, 0.25) is 5.54 Å². The smallest absolute Gasteiger partial charge is 0.338 e. The molecular weight excluding hydrogens is 246 g/mol. The zero-order valence-electron chi connectivity index (χ0n) is 11.3. The van der Waals surface area contributed by atoms with Crippen LogP contribution in [0.25, 0.3) is 0 Å². The number of aliphatic carboxylic acids is 1. The van der Waals surface area contributed by atoms with Gasteiger partial charge in [0.05, 0.1) is 0 Å². The summed E-state index contributed by atoms with van der Waals surface area (Å²) in [7, 11) is 0. The van der Waals surface area contributed by atoms with Crippen LogP contribution in [-0.2, 0) is 20.7 Å². The second-order valence-electron chi connectivity index (χ2n) is 5.44. The van der Waals surface area contributed by atoms with Crippen molar-refractivity contribution in [2.24, 2.45) is 5.73 Å². The molecule has 0 aromatic heterocycles. The highest BCUT2D eigenvalue weighted by molar-refractivity contribution is 6.04. The summed E-state index contributed by atoms with van der Waals surface area (Å²) in [6.07, 6.45) is -0.113. The van der Waals surface area contributed by atoms with Crippen LogP contribution < -0.4 is 5.73 Å². The minimum atomic E-state index is -2.07. The number of rotatable bonds is 4. The summed E-state index contributed by atoms with van der Waals surface area (Å²) in [6.45, 7) is 4.99. The van der Waals surface area contributed by atoms with Crippen molar-refractivity contribution in [3.05, 3.63) is 35.9 Å². The predicted molar refractivity (Wildman–Crippen MR) is 70.5 cm³/mol. The summed E-state index contributed by atoms with van der Waals surface area (Å²) < 4.78 is 5.09. The Morgan fingerprint density at radius 2 is 1.74 bits per heavy atom. The highest BCUT2D eigenvalue weighted by Gasteiger charge is 2.45. The van der Waals surface area contributed by atoms with Crippen molar-refractivity contribution < 1.29 is 19.4 Å². The summed E-state index contributed by atoms with van der Waals surface area (Å²) in [4.78, 5) is 23.3. The fourth-order valence-corrected chi connectivity index (χ4v) is 1.52. The lowest BCUT2D eigenvalue weighted by atomic mass is 9.91. The molecule has 1 aromatic rings. The van der Waals surface area contributed by atoms with Gasteiger partial charge in [-0.3, -0.25) is 0 Å². The maximum Gasteiger partial charge on any atom is 0.338 e. The van der Waals surface area contributed by atoms with E-state index in [1.165, 1.54) is 0 Å². The first-order valence-corrected chi connectivity index (χ1v) is 5.95. The number of ether oxygens (including phenoxy) is 1. The molecular formula is C14H19NO4. The monoisotopic (exact) mass is 265 g/mol. The van der Waals surface area contributed by atoms with E-state index in [2.05, 4.69) is 0 Å². The molecule has 0 spiro atoms. The maximum absolute atomic E-state index is 12.0. The zero-order chi connectivity index (χ0) is 14.7. The van der Waals surface area contributed by atoms with Crippen LogP contribution in [0.3, 0.4) is 0 Å². The molecule has 0 bridgehead atoms. The van der Waals surface area contributed by atoms with Crippen LogP contribution in [-0.4, -0.2) is 28.2 Å². The number of carbonyl (C=O) groups is 2. The lowest BCUT2D eigenvalue weighted by molar-refractivity contribution is -0.169. The van der Waals surface area contributed by atoms with Gasteiger partial charge < -0.3 is 15.6 Å². The Bertz CT molecular complexity index is 464. The highest BCUT2D eigenvalue weighted by atomic mass is 16.6. The van der Waals surface area contributed by atoms with E-state index in [0.717, 1.165) is 0 Å². The second-order valence-corrected chi connectivity index (χ2v) is 5.44. The number of hydrogen-bond donors (Lipinski definition) is 2. The van der Waals surface area contributed by atoms with Gasteiger partial charge in [0, 0.05) is 6.42 Å². The molecule has 0 aliphatic rings. The lowest BCUT2D eigenvalue weighted by Gasteiger charge is -2.28. The molecule has 0 radical (unpaired) electrons. The Kier molecular flexibility index (Phi) is 4.32. The normalized spacial score (nSPS) is 14.5. The van der Waals surface area contributed by atoms with E-state index in [1.54, 1.807) is 51.1 Å². The fourth-order valence-electron chi connectivity index (χ4n) is 1.52. The SMILES string of the molecule is CC(C)(C)OC(=O)[C@@](N)(Cc1ccccc1)C(=O)O. The number of carboxylic acids is 1. The maximum atomic E-state index is 12.0. The average molecular weight is 265 g/mol. The number of benzene rings is 1. The van der Waals surface area contributed by atoms with Crippen molar-refractivity contribution in [3.8, 4) is 0 Å². The van der Waals surface area contributed by atoms with Crippen LogP contribution in [0.5, 0.6) is 0 Å². The van der Waals surface area contributed by atoms with E-state index in [4.69, 9.17) is 10.5 Å². The predicted octanol–water partition coefficient (Wildman–Crippen LogP) is 1.35. The van der Waals surface area contributed by atoms with E-state index in [0.29, 0.717) is 5.56 Å². The van der Waals surface area contributed by atoms with Crippen LogP contribution in [0, 0.1) is 0 Å². The average Bonchev–Trinajstić information content (AvgIpc) is 2.27. The van der Waals surface area contributed by atoms with Gasteiger partial charge in [0.15, 0.2) is 0 Å². The number of carboxylic acid groups (broad SMARTS) is 1. The molecule has 5 heteroatoms. The summed E-state index contributed by atoms with van der Waals surface area (Å²) in [6, 6.07) is 8.75. The number of hydrogen-bond acceptors (Lipinski definition) is 4. The van der Waals surface area contributed by atoms with Crippen molar-refractivity contribution >= 4 is 11.9 Å². The van der Waals surface area contributed by atoms with Gasteiger partial charge >= 0.3 is 11.9 Å². The van der Waals surface area contributed by atoms with Crippen molar-refractivity contribution in [3.63, 3.8) is 0 Å². The number of carbonyl (C=O) groups excluding carboxylic acids is 1. The number of esters is 1. The fraction of sp³-hybridized carbons (Fsp3) is 0.429. The minimum absolute atomic E-state index is 0.113. The number of nitrogens with two attached hydrogens (primary N) is 1. The van der Waals surface area contributed by atoms with E-state index in [9.17, 15) is 14.7 Å². The van der Waals surface area contributed by atoms with Crippen LogP contribution >= 0.6 is 0 Å². The molecule has 0 heterocycles. The molecule has 0 unspecified atom stereocenters. The van der Waals surface area contributed by atoms with Crippen LogP contribution in [0.1, 0.15) is 26.3 Å². The summed E-state index contributed by atoms with van der Waals surface area (Å²) in [5.74, 6) is -2.33. The Labute approximate surface area is 112 Å². The second kappa shape index (κ2) is 5.40. The van der Waals surface area contributed by atoms with Crippen molar-refractivity contribution in [2.75, 3.05) is 0 Å². The van der Waals surface area contributed by atoms with E-state index in [-0.39, 0.29) is 6.42 Å². The molecule has 0 aliphatic carbocycles. The molecule has 0 saturated carbocycles. The molecule has 104 valence electrons. The molecule has 1 rings (SSSR count). The zero-order valence-corrected chi connectivity index (χ0v) is 11.3. The lowest BCUT2D eigenvalue weighted by Crippen LogP contribution is -2.58. The first-order valence-electron chi connectivity index (χ1n) is 5.95. The van der Waals surface area contributed by atoms with E-state index < -0.39 is 23.1 Å². The Morgan fingerprint density at radius 3 is 2.16 bits per heavy atom. The largest absolute Gasteiger partial charge is 0.479 e. The topological polar surface area (TPSA) is 89.6 Å². The highest BCUT2D eigenvalue weighted by Crippen LogP contribution is 2.18. The summed E-state index contributed by atoms with van der Waals surface area (Å²) >= 11 is 0. The van der Waals surface area contributed by atoms with Crippen molar-refractivity contribution in [2.45, 2.75) is 38.3 Å². The molecule has 3 N–H and O–H groups in total. The van der Waals surface area contributed by atoms with Gasteiger partial charge in [-0.2, -0.15) is 0 Å². The summed E-state index contributed by atoms with van der Waals surface area (Å²) in [5.41, 5.74) is 3.56. The third-order valence-corrected chi connectivity index (χ3v) is 2.47. The van der Waals surface area contributed by atoms with Gasteiger partial charge in [-0.15, -0.1) is 0 Å². The van der Waals surface area contributed by atoms with Gasteiger partial charge in [-0.05, 0) is 26.3 Å².